The molecule has 0 radical (unpaired) electrons. The van der Waals surface area contributed by atoms with E-state index in [0.717, 1.165) is 5.56 Å². The fourth-order valence-electron chi connectivity index (χ4n) is 3.60. The summed E-state index contributed by atoms with van der Waals surface area (Å²) in [6, 6.07) is 20.2. The Morgan fingerprint density at radius 3 is 2.11 bits per heavy atom. The molecule has 3 rings (SSSR count). The number of hydrogen-bond acceptors (Lipinski definition) is 3. The van der Waals surface area contributed by atoms with Gasteiger partial charge in [-0.3, -0.25) is 9.59 Å². The summed E-state index contributed by atoms with van der Waals surface area (Å²) in [7, 11) is 0. The third-order valence-electron chi connectivity index (χ3n) is 5.26. The van der Waals surface area contributed by atoms with Crippen LogP contribution >= 0.6 is 0 Å². The van der Waals surface area contributed by atoms with Crippen LogP contribution < -0.4 is 10.1 Å². The number of nitrogens with one attached hydrogen (secondary N) is 1. The Kier molecular flexibility index (Phi) is 8.58. The molecule has 1 N–H and O–H groups in total. The van der Waals surface area contributed by atoms with Gasteiger partial charge >= 0.3 is 0 Å². The first kappa shape index (κ1) is 25.9. The second-order valence-electron chi connectivity index (χ2n) is 9.28. The summed E-state index contributed by atoms with van der Waals surface area (Å²) in [6.07, 6.45) is 0.211. The molecule has 1 atom stereocenters. The summed E-state index contributed by atoms with van der Waals surface area (Å²) in [4.78, 5) is 28.1. The van der Waals surface area contributed by atoms with Gasteiger partial charge in [-0.05, 0) is 44.5 Å². The highest BCUT2D eigenvalue weighted by Gasteiger charge is 2.33. The number of carbonyl (C=O) groups is 2. The zero-order chi connectivity index (χ0) is 25.4. The molecular weight excluding hydrogens is 450 g/mol. The molecule has 7 heteroatoms. The van der Waals surface area contributed by atoms with Crippen molar-refractivity contribution in [1.82, 2.24) is 10.2 Å². The van der Waals surface area contributed by atoms with Crippen LogP contribution in [0.15, 0.2) is 78.9 Å². The average Bonchev–Trinajstić information content (AvgIpc) is 2.81. The quantitative estimate of drug-likeness (QED) is 0.474. The number of ether oxygens (including phenoxy) is 1. The summed E-state index contributed by atoms with van der Waals surface area (Å²) in [5.74, 6) is -2.12. The Morgan fingerprint density at radius 2 is 1.49 bits per heavy atom. The SMILES string of the molecule is CC(C)(C)NC(=O)C(Cc1ccccc1)N(Cc1ccccc1F)C(=O)COc1ccccc1F. The Balaban J connectivity index is 1.95. The van der Waals surface area contributed by atoms with E-state index >= 15 is 0 Å². The number of hydrogen-bond donors (Lipinski definition) is 1. The first-order chi connectivity index (χ1) is 16.6. The number of amides is 2. The summed E-state index contributed by atoms with van der Waals surface area (Å²) >= 11 is 0. The van der Waals surface area contributed by atoms with Gasteiger partial charge in [0.2, 0.25) is 5.91 Å². The van der Waals surface area contributed by atoms with Crippen LogP contribution in [0.4, 0.5) is 8.78 Å². The molecule has 35 heavy (non-hydrogen) atoms. The molecule has 1 unspecified atom stereocenters. The molecule has 3 aromatic carbocycles. The van der Waals surface area contributed by atoms with Gasteiger partial charge in [0, 0.05) is 24.1 Å². The Hall–Kier alpha value is -3.74. The Bertz CT molecular complexity index is 1150. The smallest absolute Gasteiger partial charge is 0.261 e. The summed E-state index contributed by atoms with van der Waals surface area (Å²) in [5.41, 5.74) is 0.541. The average molecular weight is 481 g/mol. The van der Waals surface area contributed by atoms with E-state index in [1.54, 1.807) is 24.3 Å². The Labute approximate surface area is 204 Å². The molecule has 0 aliphatic rings. The molecule has 3 aromatic rings. The predicted octanol–water partition coefficient (Wildman–Crippen LogP) is 4.90. The lowest BCUT2D eigenvalue weighted by Crippen LogP contribution is -2.55. The molecule has 0 aliphatic heterocycles. The number of halogens is 2. The first-order valence-electron chi connectivity index (χ1n) is 11.4. The maximum Gasteiger partial charge on any atom is 0.261 e. The molecule has 2 amide bonds. The minimum absolute atomic E-state index is 0.0783. The highest BCUT2D eigenvalue weighted by molar-refractivity contribution is 5.89. The van der Waals surface area contributed by atoms with E-state index in [0.29, 0.717) is 0 Å². The van der Waals surface area contributed by atoms with E-state index < -0.39 is 35.7 Å². The molecule has 0 heterocycles. The number of rotatable bonds is 9. The minimum Gasteiger partial charge on any atom is -0.481 e. The molecule has 0 aromatic heterocycles. The van der Waals surface area contributed by atoms with E-state index in [1.165, 1.54) is 29.2 Å². The Morgan fingerprint density at radius 1 is 0.886 bits per heavy atom. The number of para-hydroxylation sites is 1. The second kappa shape index (κ2) is 11.6. The molecule has 0 saturated carbocycles. The third kappa shape index (κ3) is 7.64. The van der Waals surface area contributed by atoms with Crippen LogP contribution in [0, 0.1) is 11.6 Å². The van der Waals surface area contributed by atoms with Gasteiger partial charge in [0.1, 0.15) is 11.9 Å². The lowest BCUT2D eigenvalue weighted by molar-refractivity contribution is -0.143. The van der Waals surface area contributed by atoms with Gasteiger partial charge in [-0.15, -0.1) is 0 Å². The normalized spacial score (nSPS) is 12.0. The van der Waals surface area contributed by atoms with Crippen molar-refractivity contribution in [2.45, 2.75) is 45.3 Å². The maximum atomic E-state index is 14.6. The van der Waals surface area contributed by atoms with E-state index in [1.807, 2.05) is 51.1 Å². The van der Waals surface area contributed by atoms with Gasteiger partial charge in [-0.2, -0.15) is 0 Å². The monoisotopic (exact) mass is 480 g/mol. The van der Waals surface area contributed by atoms with Crippen LogP contribution in [0.1, 0.15) is 31.9 Å². The molecule has 5 nitrogen and oxygen atoms in total. The molecule has 0 bridgehead atoms. The predicted molar refractivity (Wildman–Crippen MR) is 131 cm³/mol. The van der Waals surface area contributed by atoms with Crippen LogP contribution in [0.25, 0.3) is 0 Å². The zero-order valence-electron chi connectivity index (χ0n) is 20.1. The molecule has 0 aliphatic carbocycles. The number of carbonyl (C=O) groups excluding carboxylic acids is 2. The van der Waals surface area contributed by atoms with E-state index in [4.69, 9.17) is 4.74 Å². The van der Waals surface area contributed by atoms with E-state index in [9.17, 15) is 18.4 Å². The summed E-state index contributed by atoms with van der Waals surface area (Å²) in [5, 5.41) is 2.93. The summed E-state index contributed by atoms with van der Waals surface area (Å²) in [6.45, 7) is 4.86. The molecule has 0 fully saturated rings. The standard InChI is InChI=1S/C28H30F2N2O3/c1-28(2,3)31-27(34)24(17-20-11-5-4-6-12-20)32(18-21-13-7-8-14-22(21)29)26(33)19-35-25-16-10-9-15-23(25)30/h4-16,24H,17-19H2,1-3H3,(H,31,34). The second-order valence-corrected chi connectivity index (χ2v) is 9.28. The fourth-order valence-corrected chi connectivity index (χ4v) is 3.60. The summed E-state index contributed by atoms with van der Waals surface area (Å²) < 4.78 is 34.0. The van der Waals surface area contributed by atoms with Gasteiger partial charge in [0.05, 0.1) is 0 Å². The lowest BCUT2D eigenvalue weighted by Gasteiger charge is -2.33. The molecular formula is C28H30F2N2O3. The van der Waals surface area contributed by atoms with Crippen molar-refractivity contribution in [3.8, 4) is 5.75 Å². The van der Waals surface area contributed by atoms with Gasteiger partial charge in [0.25, 0.3) is 5.91 Å². The minimum atomic E-state index is -0.951. The van der Waals surface area contributed by atoms with Crippen molar-refractivity contribution in [2.75, 3.05) is 6.61 Å². The van der Waals surface area contributed by atoms with Gasteiger partial charge in [-0.1, -0.05) is 60.7 Å². The molecule has 0 saturated heterocycles. The van der Waals surface area contributed by atoms with Crippen molar-refractivity contribution in [3.63, 3.8) is 0 Å². The van der Waals surface area contributed by atoms with Crippen LogP contribution in [-0.2, 0) is 22.6 Å². The van der Waals surface area contributed by atoms with Crippen LogP contribution in [0.3, 0.4) is 0 Å². The maximum absolute atomic E-state index is 14.6. The zero-order valence-corrected chi connectivity index (χ0v) is 20.1. The number of nitrogens with zero attached hydrogens (tertiary/aromatic N) is 1. The van der Waals surface area contributed by atoms with E-state index in [-0.39, 0.29) is 30.2 Å². The largest absolute Gasteiger partial charge is 0.481 e. The van der Waals surface area contributed by atoms with Crippen molar-refractivity contribution < 1.29 is 23.1 Å². The van der Waals surface area contributed by atoms with Crippen LogP contribution in [0.5, 0.6) is 5.75 Å². The van der Waals surface area contributed by atoms with Gasteiger partial charge < -0.3 is 15.0 Å². The van der Waals surface area contributed by atoms with Crippen molar-refractivity contribution in [2.24, 2.45) is 0 Å². The van der Waals surface area contributed by atoms with Crippen molar-refractivity contribution >= 4 is 11.8 Å². The van der Waals surface area contributed by atoms with Crippen LogP contribution in [-0.4, -0.2) is 34.9 Å². The van der Waals surface area contributed by atoms with E-state index in [2.05, 4.69) is 5.32 Å². The van der Waals surface area contributed by atoms with Crippen LogP contribution in [0.2, 0.25) is 0 Å². The lowest BCUT2D eigenvalue weighted by atomic mass is 10.0. The molecule has 0 spiro atoms. The van der Waals surface area contributed by atoms with Crippen molar-refractivity contribution in [3.05, 3.63) is 102 Å². The topological polar surface area (TPSA) is 58.6 Å². The highest BCUT2D eigenvalue weighted by Crippen LogP contribution is 2.19. The number of benzene rings is 3. The van der Waals surface area contributed by atoms with Crippen molar-refractivity contribution in [1.29, 1.82) is 0 Å². The van der Waals surface area contributed by atoms with Gasteiger partial charge in [-0.25, -0.2) is 8.78 Å². The van der Waals surface area contributed by atoms with Gasteiger partial charge in [0.15, 0.2) is 18.2 Å². The third-order valence-corrected chi connectivity index (χ3v) is 5.26. The molecule has 184 valence electrons. The first-order valence-corrected chi connectivity index (χ1v) is 11.4. The highest BCUT2D eigenvalue weighted by atomic mass is 19.1. The fraction of sp³-hybridized carbons (Fsp3) is 0.286.